The Morgan fingerprint density at radius 3 is 2.56 bits per heavy atom. The van der Waals surface area contributed by atoms with Crippen molar-refractivity contribution in [3.05, 3.63) is 35.1 Å². The minimum absolute atomic E-state index is 0.0220. The van der Waals surface area contributed by atoms with Crippen molar-refractivity contribution >= 4 is 0 Å². The molecule has 0 aliphatic carbocycles. The minimum atomic E-state index is -0.181. The standard InChI is InChI=1S/C14H22FN/c1-3-4-5-6-7-14(16)12-8-11(2)9-13(15)10-12/h8-10,14H,3-7,16H2,1-2H3. The summed E-state index contributed by atoms with van der Waals surface area (Å²) in [7, 11) is 0. The van der Waals surface area contributed by atoms with E-state index in [0.717, 1.165) is 24.0 Å². The van der Waals surface area contributed by atoms with Crippen LogP contribution < -0.4 is 5.73 Å². The quantitative estimate of drug-likeness (QED) is 0.722. The molecule has 0 aromatic heterocycles. The summed E-state index contributed by atoms with van der Waals surface area (Å²) in [5, 5.41) is 0. The van der Waals surface area contributed by atoms with Crippen LogP contribution in [0.15, 0.2) is 18.2 Å². The van der Waals surface area contributed by atoms with Crippen molar-refractivity contribution in [3.63, 3.8) is 0 Å². The van der Waals surface area contributed by atoms with Crippen LogP contribution in [0.25, 0.3) is 0 Å². The number of nitrogens with two attached hydrogens (primary N) is 1. The molecule has 0 aliphatic heterocycles. The topological polar surface area (TPSA) is 26.0 Å². The molecule has 0 amide bonds. The summed E-state index contributed by atoms with van der Waals surface area (Å²) in [5.41, 5.74) is 7.92. The third kappa shape index (κ3) is 4.31. The van der Waals surface area contributed by atoms with Gasteiger partial charge in [0.25, 0.3) is 0 Å². The molecule has 0 saturated carbocycles. The third-order valence-corrected chi connectivity index (χ3v) is 2.86. The highest BCUT2D eigenvalue weighted by atomic mass is 19.1. The van der Waals surface area contributed by atoms with Crippen molar-refractivity contribution < 1.29 is 4.39 Å². The average molecular weight is 223 g/mol. The van der Waals surface area contributed by atoms with Gasteiger partial charge in [-0.1, -0.05) is 38.7 Å². The predicted octanol–water partition coefficient (Wildman–Crippen LogP) is 4.10. The molecular formula is C14H22FN. The zero-order valence-electron chi connectivity index (χ0n) is 10.3. The first-order chi connectivity index (χ1) is 7.63. The molecule has 0 spiro atoms. The van der Waals surface area contributed by atoms with Gasteiger partial charge < -0.3 is 5.73 Å². The van der Waals surface area contributed by atoms with Crippen molar-refractivity contribution in [2.45, 2.75) is 52.0 Å². The van der Waals surface area contributed by atoms with Gasteiger partial charge in [-0.3, -0.25) is 0 Å². The molecule has 1 atom stereocenters. The molecule has 1 unspecified atom stereocenters. The summed E-state index contributed by atoms with van der Waals surface area (Å²) < 4.78 is 13.2. The molecule has 2 N–H and O–H groups in total. The van der Waals surface area contributed by atoms with E-state index in [-0.39, 0.29) is 11.9 Å². The van der Waals surface area contributed by atoms with E-state index in [2.05, 4.69) is 6.92 Å². The first-order valence-corrected chi connectivity index (χ1v) is 6.16. The fourth-order valence-electron chi connectivity index (χ4n) is 1.94. The maximum Gasteiger partial charge on any atom is 0.123 e. The second kappa shape index (κ2) is 6.64. The van der Waals surface area contributed by atoms with E-state index in [0.29, 0.717) is 0 Å². The Hall–Kier alpha value is -0.890. The van der Waals surface area contributed by atoms with E-state index in [1.807, 2.05) is 13.0 Å². The summed E-state index contributed by atoms with van der Waals surface area (Å²) in [4.78, 5) is 0. The minimum Gasteiger partial charge on any atom is -0.324 e. The number of aryl methyl sites for hydroxylation is 1. The molecule has 90 valence electrons. The highest BCUT2D eigenvalue weighted by Crippen LogP contribution is 2.20. The first-order valence-electron chi connectivity index (χ1n) is 6.16. The molecular weight excluding hydrogens is 201 g/mol. The monoisotopic (exact) mass is 223 g/mol. The van der Waals surface area contributed by atoms with Crippen LogP contribution in [0, 0.1) is 12.7 Å². The number of rotatable bonds is 6. The zero-order valence-corrected chi connectivity index (χ0v) is 10.3. The van der Waals surface area contributed by atoms with Crippen LogP contribution in [0.1, 0.15) is 56.2 Å². The number of hydrogen-bond donors (Lipinski definition) is 1. The average Bonchev–Trinajstić information content (AvgIpc) is 2.22. The summed E-state index contributed by atoms with van der Waals surface area (Å²) in [6.07, 6.45) is 5.79. The molecule has 0 radical (unpaired) electrons. The van der Waals surface area contributed by atoms with Gasteiger partial charge in [-0.15, -0.1) is 0 Å². The second-order valence-electron chi connectivity index (χ2n) is 4.52. The van der Waals surface area contributed by atoms with Gasteiger partial charge in [0.2, 0.25) is 0 Å². The number of halogens is 1. The summed E-state index contributed by atoms with van der Waals surface area (Å²) >= 11 is 0. The van der Waals surface area contributed by atoms with Crippen LogP contribution in [0.5, 0.6) is 0 Å². The van der Waals surface area contributed by atoms with Gasteiger partial charge in [-0.05, 0) is 36.6 Å². The van der Waals surface area contributed by atoms with Gasteiger partial charge in [-0.25, -0.2) is 4.39 Å². The van der Waals surface area contributed by atoms with Crippen molar-refractivity contribution in [2.24, 2.45) is 5.73 Å². The summed E-state index contributed by atoms with van der Waals surface area (Å²) in [6, 6.07) is 5.05. The Morgan fingerprint density at radius 1 is 1.19 bits per heavy atom. The van der Waals surface area contributed by atoms with Crippen LogP contribution in [0.3, 0.4) is 0 Å². The molecule has 1 aromatic carbocycles. The Balaban J connectivity index is 2.48. The van der Waals surface area contributed by atoms with Crippen LogP contribution >= 0.6 is 0 Å². The highest BCUT2D eigenvalue weighted by Gasteiger charge is 2.07. The van der Waals surface area contributed by atoms with Gasteiger partial charge in [-0.2, -0.15) is 0 Å². The van der Waals surface area contributed by atoms with Gasteiger partial charge in [0.15, 0.2) is 0 Å². The van der Waals surface area contributed by atoms with Crippen molar-refractivity contribution in [1.82, 2.24) is 0 Å². The fraction of sp³-hybridized carbons (Fsp3) is 0.571. The molecule has 0 fully saturated rings. The Labute approximate surface area is 97.9 Å². The molecule has 1 rings (SSSR count). The van der Waals surface area contributed by atoms with Gasteiger partial charge >= 0.3 is 0 Å². The molecule has 2 heteroatoms. The Bertz CT molecular complexity index is 302. The lowest BCUT2D eigenvalue weighted by Crippen LogP contribution is -2.10. The molecule has 16 heavy (non-hydrogen) atoms. The normalized spacial score (nSPS) is 12.8. The number of unbranched alkanes of at least 4 members (excludes halogenated alkanes) is 3. The van der Waals surface area contributed by atoms with Crippen LogP contribution in [0.2, 0.25) is 0 Å². The largest absolute Gasteiger partial charge is 0.324 e. The van der Waals surface area contributed by atoms with Crippen molar-refractivity contribution in [2.75, 3.05) is 0 Å². The van der Waals surface area contributed by atoms with Gasteiger partial charge in [0.1, 0.15) is 5.82 Å². The van der Waals surface area contributed by atoms with Crippen LogP contribution in [0.4, 0.5) is 4.39 Å². The zero-order chi connectivity index (χ0) is 12.0. The second-order valence-corrected chi connectivity index (χ2v) is 4.52. The van der Waals surface area contributed by atoms with Crippen LogP contribution in [-0.4, -0.2) is 0 Å². The SMILES string of the molecule is CCCCCCC(N)c1cc(C)cc(F)c1. The molecule has 1 aromatic rings. The van der Waals surface area contributed by atoms with E-state index in [4.69, 9.17) is 5.73 Å². The van der Waals surface area contributed by atoms with E-state index in [1.165, 1.54) is 25.3 Å². The first kappa shape index (κ1) is 13.2. The van der Waals surface area contributed by atoms with Gasteiger partial charge in [0, 0.05) is 6.04 Å². The molecule has 0 saturated heterocycles. The summed E-state index contributed by atoms with van der Waals surface area (Å²) in [6.45, 7) is 4.09. The predicted molar refractivity (Wildman–Crippen MR) is 66.8 cm³/mol. The van der Waals surface area contributed by atoms with E-state index in [1.54, 1.807) is 6.07 Å². The number of hydrogen-bond acceptors (Lipinski definition) is 1. The third-order valence-electron chi connectivity index (χ3n) is 2.86. The maximum absolute atomic E-state index is 13.2. The van der Waals surface area contributed by atoms with E-state index >= 15 is 0 Å². The Morgan fingerprint density at radius 2 is 1.94 bits per heavy atom. The molecule has 0 heterocycles. The van der Waals surface area contributed by atoms with Gasteiger partial charge in [0.05, 0.1) is 0 Å². The van der Waals surface area contributed by atoms with Crippen molar-refractivity contribution in [1.29, 1.82) is 0 Å². The van der Waals surface area contributed by atoms with Crippen molar-refractivity contribution in [3.8, 4) is 0 Å². The van der Waals surface area contributed by atoms with E-state index < -0.39 is 0 Å². The van der Waals surface area contributed by atoms with Crippen LogP contribution in [-0.2, 0) is 0 Å². The summed E-state index contributed by atoms with van der Waals surface area (Å²) in [5.74, 6) is -0.181. The molecule has 1 nitrogen and oxygen atoms in total. The fourth-order valence-corrected chi connectivity index (χ4v) is 1.94. The van der Waals surface area contributed by atoms with E-state index in [9.17, 15) is 4.39 Å². The molecule has 0 aliphatic rings. The Kier molecular flexibility index (Phi) is 5.47. The molecule has 0 bridgehead atoms. The maximum atomic E-state index is 13.2. The smallest absolute Gasteiger partial charge is 0.123 e. The lowest BCUT2D eigenvalue weighted by molar-refractivity contribution is 0.560. The lowest BCUT2D eigenvalue weighted by Gasteiger charge is -2.12. The number of benzene rings is 1. The highest BCUT2D eigenvalue weighted by molar-refractivity contribution is 5.25. The lowest BCUT2D eigenvalue weighted by atomic mass is 9.99.